The van der Waals surface area contributed by atoms with Crippen molar-refractivity contribution in [3.8, 4) is 0 Å². The van der Waals surface area contributed by atoms with E-state index in [2.05, 4.69) is 43.7 Å². The van der Waals surface area contributed by atoms with Crippen LogP contribution in [-0.2, 0) is 0 Å². The first-order valence-corrected chi connectivity index (χ1v) is 6.82. The van der Waals surface area contributed by atoms with Crippen LogP contribution in [0.1, 0.15) is 40.5 Å². The molecule has 1 saturated heterocycles. The zero-order chi connectivity index (χ0) is 13.3. The highest BCUT2D eigenvalue weighted by Gasteiger charge is 2.18. The first-order valence-electron chi connectivity index (χ1n) is 6.82. The largest absolute Gasteiger partial charge is 0.306 e. The molecule has 1 heterocycles. The summed E-state index contributed by atoms with van der Waals surface area (Å²) in [6.07, 6.45) is 9.18. The first-order chi connectivity index (χ1) is 8.13. The van der Waals surface area contributed by atoms with Gasteiger partial charge in [0, 0.05) is 0 Å². The van der Waals surface area contributed by atoms with Crippen LogP contribution in [-0.4, -0.2) is 25.0 Å². The van der Waals surface area contributed by atoms with Crippen LogP contribution in [0.4, 0.5) is 0 Å². The second kappa shape index (κ2) is 9.23. The monoisotopic (exact) mass is 235 g/mol. The number of hydrogen-bond acceptors (Lipinski definition) is 1. The summed E-state index contributed by atoms with van der Waals surface area (Å²) in [6.45, 7) is 14.5. The molecule has 0 amide bonds. The van der Waals surface area contributed by atoms with Gasteiger partial charge in [-0.25, -0.2) is 0 Å². The van der Waals surface area contributed by atoms with Crippen LogP contribution in [0.15, 0.2) is 36.0 Å². The third-order valence-corrected chi connectivity index (χ3v) is 3.08. The van der Waals surface area contributed by atoms with Gasteiger partial charge in [0.25, 0.3) is 0 Å². The number of allylic oxidation sites excluding steroid dienone is 5. The van der Waals surface area contributed by atoms with E-state index in [9.17, 15) is 0 Å². The molecule has 0 saturated carbocycles. The number of nitrogens with zero attached hydrogens (tertiary/aromatic N) is 1. The van der Waals surface area contributed by atoms with Gasteiger partial charge in [0.2, 0.25) is 0 Å². The lowest BCUT2D eigenvalue weighted by Gasteiger charge is -2.29. The highest BCUT2D eigenvalue weighted by molar-refractivity contribution is 5.27. The van der Waals surface area contributed by atoms with Crippen LogP contribution < -0.4 is 0 Å². The van der Waals surface area contributed by atoms with E-state index in [0.29, 0.717) is 0 Å². The van der Waals surface area contributed by atoms with Crippen molar-refractivity contribution in [3.63, 3.8) is 0 Å². The summed E-state index contributed by atoms with van der Waals surface area (Å²) in [5.74, 6) is 0.752. The van der Waals surface area contributed by atoms with E-state index in [-0.39, 0.29) is 0 Å². The summed E-state index contributed by atoms with van der Waals surface area (Å²) < 4.78 is 0. The molecule has 1 aliphatic rings. The van der Waals surface area contributed by atoms with Crippen molar-refractivity contribution >= 4 is 0 Å². The van der Waals surface area contributed by atoms with Gasteiger partial charge in [-0.1, -0.05) is 44.2 Å². The van der Waals surface area contributed by atoms with Crippen LogP contribution >= 0.6 is 0 Å². The Morgan fingerprint density at radius 3 is 2.12 bits per heavy atom. The number of likely N-dealkylation sites (tertiary alicyclic amines) is 1. The van der Waals surface area contributed by atoms with Gasteiger partial charge < -0.3 is 4.90 Å². The molecule has 0 aromatic carbocycles. The molecular weight excluding hydrogens is 206 g/mol. The Morgan fingerprint density at radius 1 is 1.18 bits per heavy atom. The molecule has 0 aromatic rings. The first kappa shape index (κ1) is 16.2. The van der Waals surface area contributed by atoms with Crippen LogP contribution in [0.3, 0.4) is 0 Å². The van der Waals surface area contributed by atoms with Crippen molar-refractivity contribution in [2.45, 2.75) is 40.5 Å². The molecule has 0 spiro atoms. The quantitative estimate of drug-likeness (QED) is 0.654. The van der Waals surface area contributed by atoms with Crippen molar-refractivity contribution in [2.75, 3.05) is 20.1 Å². The van der Waals surface area contributed by atoms with E-state index >= 15 is 0 Å². The lowest BCUT2D eigenvalue weighted by atomic mass is 9.88. The Bertz CT molecular complexity index is 265. The lowest BCUT2D eigenvalue weighted by Crippen LogP contribution is -2.30. The maximum atomic E-state index is 3.90. The van der Waals surface area contributed by atoms with Crippen molar-refractivity contribution < 1.29 is 0 Å². The fourth-order valence-electron chi connectivity index (χ4n) is 2.05. The van der Waals surface area contributed by atoms with Crippen molar-refractivity contribution in [1.29, 1.82) is 0 Å². The van der Waals surface area contributed by atoms with Crippen molar-refractivity contribution in [2.24, 2.45) is 5.92 Å². The number of rotatable bonds is 3. The second-order valence-electron chi connectivity index (χ2n) is 4.55. The molecule has 0 unspecified atom stereocenters. The van der Waals surface area contributed by atoms with Gasteiger partial charge in [0.15, 0.2) is 0 Å². The van der Waals surface area contributed by atoms with Crippen molar-refractivity contribution in [3.05, 3.63) is 36.0 Å². The zero-order valence-corrected chi connectivity index (χ0v) is 12.3. The topological polar surface area (TPSA) is 3.24 Å². The second-order valence-corrected chi connectivity index (χ2v) is 4.55. The summed E-state index contributed by atoms with van der Waals surface area (Å²) >= 11 is 0. The van der Waals surface area contributed by atoms with Crippen LogP contribution in [0.25, 0.3) is 0 Å². The molecule has 0 N–H and O–H groups in total. The van der Waals surface area contributed by atoms with Gasteiger partial charge in [0.05, 0.1) is 0 Å². The van der Waals surface area contributed by atoms with Gasteiger partial charge in [-0.2, -0.15) is 0 Å². The fourth-order valence-corrected chi connectivity index (χ4v) is 2.05. The molecule has 17 heavy (non-hydrogen) atoms. The predicted molar refractivity (Wildman–Crippen MR) is 79.3 cm³/mol. The van der Waals surface area contributed by atoms with Crippen LogP contribution in [0.5, 0.6) is 0 Å². The van der Waals surface area contributed by atoms with Crippen molar-refractivity contribution in [1.82, 2.24) is 4.90 Å². The third-order valence-electron chi connectivity index (χ3n) is 3.08. The van der Waals surface area contributed by atoms with E-state index in [0.717, 1.165) is 11.5 Å². The van der Waals surface area contributed by atoms with E-state index < -0.39 is 0 Å². The van der Waals surface area contributed by atoms with Gasteiger partial charge in [-0.15, -0.1) is 0 Å². The lowest BCUT2D eigenvalue weighted by molar-refractivity contribution is 0.240. The van der Waals surface area contributed by atoms with E-state index in [1.807, 2.05) is 20.8 Å². The molecule has 0 bridgehead atoms. The van der Waals surface area contributed by atoms with E-state index in [1.54, 1.807) is 0 Å². The molecule has 0 radical (unpaired) electrons. The minimum atomic E-state index is 0.752. The zero-order valence-electron chi connectivity index (χ0n) is 12.3. The number of piperidine rings is 1. The molecule has 1 fully saturated rings. The molecule has 0 aromatic heterocycles. The predicted octanol–water partition coefficient (Wildman–Crippen LogP) is 4.43. The highest BCUT2D eigenvalue weighted by atomic mass is 15.1. The summed E-state index contributed by atoms with van der Waals surface area (Å²) in [6, 6.07) is 0. The Kier molecular flexibility index (Phi) is 8.79. The average molecular weight is 235 g/mol. The molecule has 1 rings (SSSR count). The Labute approximate surface area is 108 Å². The molecule has 1 nitrogen and oxygen atoms in total. The maximum Gasteiger partial charge on any atom is -0.00159 e. The van der Waals surface area contributed by atoms with Crippen LogP contribution in [0.2, 0.25) is 0 Å². The summed E-state index contributed by atoms with van der Waals surface area (Å²) in [5, 5.41) is 0. The normalized spacial score (nSPS) is 19.0. The Morgan fingerprint density at radius 2 is 1.71 bits per heavy atom. The molecule has 0 aliphatic carbocycles. The average Bonchev–Trinajstić information content (AvgIpc) is 2.34. The number of hydrogen-bond donors (Lipinski definition) is 0. The minimum Gasteiger partial charge on any atom is -0.306 e. The summed E-state index contributed by atoms with van der Waals surface area (Å²) in [5.41, 5.74) is 2.60. The Balaban J connectivity index is 0.00000121. The molecule has 1 aliphatic heterocycles. The van der Waals surface area contributed by atoms with Crippen LogP contribution in [0, 0.1) is 5.92 Å². The molecular formula is C16H29N. The van der Waals surface area contributed by atoms with E-state index in [1.165, 1.54) is 31.5 Å². The highest BCUT2D eigenvalue weighted by Crippen LogP contribution is 2.25. The third kappa shape index (κ3) is 6.48. The van der Waals surface area contributed by atoms with Gasteiger partial charge in [-0.05, 0) is 58.3 Å². The summed E-state index contributed by atoms with van der Waals surface area (Å²) in [4.78, 5) is 2.41. The molecule has 1 heteroatoms. The fraction of sp³-hybridized carbons (Fsp3) is 0.625. The maximum absolute atomic E-state index is 3.90. The van der Waals surface area contributed by atoms with Gasteiger partial charge in [-0.3, -0.25) is 0 Å². The standard InChI is InChI=1S/C14H23N.C2H6/c1-5-13(7-6-12(2)3)14-8-10-15(4)11-9-14;1-2/h5-7,14H,2,8-11H2,1,3-4H3;1-2H3/b7-6-,13-5+;. The minimum absolute atomic E-state index is 0.752. The smallest absolute Gasteiger partial charge is 0.00159 e. The summed E-state index contributed by atoms with van der Waals surface area (Å²) in [7, 11) is 2.20. The molecule has 98 valence electrons. The van der Waals surface area contributed by atoms with Gasteiger partial charge in [0.1, 0.15) is 0 Å². The van der Waals surface area contributed by atoms with E-state index in [4.69, 9.17) is 0 Å². The SMILES string of the molecule is C=C(C)/C=C\C(=C/C)C1CCN(C)CC1.CC. The van der Waals surface area contributed by atoms with Gasteiger partial charge >= 0.3 is 0 Å². The molecule has 0 atom stereocenters. The Hall–Kier alpha value is -0.820.